The Kier molecular flexibility index (Phi) is 5.79. The average molecular weight is 452 g/mol. The van der Waals surface area contributed by atoms with Crippen LogP contribution in [0.4, 0.5) is 0 Å². The lowest BCUT2D eigenvalue weighted by Crippen LogP contribution is -2.55. The van der Waals surface area contributed by atoms with Crippen molar-refractivity contribution in [3.8, 4) is 28.7 Å². The molecule has 1 fully saturated rings. The number of aliphatic hydroxyl groups is 5. The van der Waals surface area contributed by atoms with Crippen LogP contribution in [0.2, 0.25) is 0 Å². The standard InChI is InChI=1S/C21H24O11/c22-6-14-16(28)17(29)18(30)21(31-14)15-12(26)5-10(24)8-4-13(27)19(32-20(8)15)7-1-2-9(23)11(25)3-7/h1-3,5,13-14,16-19,21-30H,4,6H2/t13-,14?,16+,17-,18?,19+,21-/m0/s1. The summed E-state index contributed by atoms with van der Waals surface area (Å²) in [5.41, 5.74) is 0.220. The van der Waals surface area contributed by atoms with Gasteiger partial charge in [0, 0.05) is 18.1 Å². The Morgan fingerprint density at radius 2 is 1.50 bits per heavy atom. The van der Waals surface area contributed by atoms with Crippen LogP contribution in [-0.4, -0.2) is 83.1 Å². The van der Waals surface area contributed by atoms with E-state index >= 15 is 0 Å². The fourth-order valence-electron chi connectivity index (χ4n) is 4.17. The van der Waals surface area contributed by atoms with Gasteiger partial charge in [-0.15, -0.1) is 0 Å². The minimum atomic E-state index is -1.72. The molecule has 4 rings (SSSR count). The molecule has 2 aromatic carbocycles. The van der Waals surface area contributed by atoms with Crippen LogP contribution >= 0.6 is 0 Å². The number of aliphatic hydroxyl groups excluding tert-OH is 5. The van der Waals surface area contributed by atoms with Crippen LogP contribution in [0.1, 0.15) is 28.9 Å². The molecule has 2 heterocycles. The van der Waals surface area contributed by atoms with Crippen molar-refractivity contribution in [3.63, 3.8) is 0 Å². The van der Waals surface area contributed by atoms with E-state index in [1.54, 1.807) is 0 Å². The molecular formula is C21H24O11. The third-order valence-electron chi connectivity index (χ3n) is 5.89. The number of hydrogen-bond donors (Lipinski definition) is 9. The van der Waals surface area contributed by atoms with E-state index in [9.17, 15) is 46.0 Å². The second-order valence-corrected chi connectivity index (χ2v) is 7.94. The lowest BCUT2D eigenvalue weighted by molar-refractivity contribution is -0.232. The number of fused-ring (bicyclic) bond motifs is 1. The smallest absolute Gasteiger partial charge is 0.157 e. The van der Waals surface area contributed by atoms with Crippen molar-refractivity contribution in [2.24, 2.45) is 0 Å². The van der Waals surface area contributed by atoms with Crippen molar-refractivity contribution in [2.45, 2.75) is 49.1 Å². The molecule has 2 aromatic rings. The first-order valence-electron chi connectivity index (χ1n) is 9.88. The van der Waals surface area contributed by atoms with E-state index in [1.165, 1.54) is 18.2 Å². The third kappa shape index (κ3) is 3.58. The molecule has 174 valence electrons. The fraction of sp³-hybridized carbons (Fsp3) is 0.429. The van der Waals surface area contributed by atoms with Crippen molar-refractivity contribution >= 4 is 0 Å². The van der Waals surface area contributed by atoms with Crippen LogP contribution in [0.25, 0.3) is 0 Å². The Morgan fingerprint density at radius 3 is 2.16 bits per heavy atom. The van der Waals surface area contributed by atoms with E-state index < -0.39 is 66.6 Å². The highest BCUT2D eigenvalue weighted by Crippen LogP contribution is 2.50. The molecule has 2 unspecified atom stereocenters. The fourth-order valence-corrected chi connectivity index (χ4v) is 4.17. The zero-order valence-electron chi connectivity index (χ0n) is 16.6. The minimum Gasteiger partial charge on any atom is -0.507 e. The van der Waals surface area contributed by atoms with E-state index in [1.807, 2.05) is 0 Å². The SMILES string of the molecule is OCC1O[C@@H](c2c(O)cc(O)c3c2O[C@H](c2ccc(O)c(O)c2)[C@@H](O)C3)C(O)[C@@H](O)[C@@H]1O. The van der Waals surface area contributed by atoms with Gasteiger partial charge in [0.2, 0.25) is 0 Å². The summed E-state index contributed by atoms with van der Waals surface area (Å²) in [5.74, 6) is -1.89. The van der Waals surface area contributed by atoms with Crippen molar-refractivity contribution in [2.75, 3.05) is 6.61 Å². The molecule has 32 heavy (non-hydrogen) atoms. The Morgan fingerprint density at radius 1 is 0.781 bits per heavy atom. The predicted molar refractivity (Wildman–Crippen MR) is 105 cm³/mol. The molecule has 0 aliphatic carbocycles. The molecule has 0 spiro atoms. The zero-order valence-corrected chi connectivity index (χ0v) is 16.6. The highest BCUT2D eigenvalue weighted by Gasteiger charge is 2.47. The van der Waals surface area contributed by atoms with Gasteiger partial charge in [-0.05, 0) is 17.7 Å². The monoisotopic (exact) mass is 452 g/mol. The van der Waals surface area contributed by atoms with Crippen LogP contribution in [0, 0.1) is 0 Å². The second kappa shape index (κ2) is 8.28. The number of rotatable bonds is 3. The lowest BCUT2D eigenvalue weighted by Gasteiger charge is -2.42. The van der Waals surface area contributed by atoms with Gasteiger partial charge in [-0.2, -0.15) is 0 Å². The number of ether oxygens (including phenoxy) is 2. The molecule has 0 aromatic heterocycles. The summed E-state index contributed by atoms with van der Waals surface area (Å²) in [6.45, 7) is -0.683. The largest absolute Gasteiger partial charge is 0.507 e. The molecular weight excluding hydrogens is 428 g/mol. The maximum Gasteiger partial charge on any atom is 0.157 e. The summed E-state index contributed by atoms with van der Waals surface area (Å²) < 4.78 is 11.4. The van der Waals surface area contributed by atoms with Crippen molar-refractivity contribution in [3.05, 3.63) is 41.0 Å². The molecule has 1 saturated heterocycles. The summed E-state index contributed by atoms with van der Waals surface area (Å²) in [7, 11) is 0. The van der Waals surface area contributed by atoms with Crippen molar-refractivity contribution in [1.82, 2.24) is 0 Å². The van der Waals surface area contributed by atoms with Gasteiger partial charge in [0.25, 0.3) is 0 Å². The molecule has 0 amide bonds. The first-order valence-corrected chi connectivity index (χ1v) is 9.88. The van der Waals surface area contributed by atoms with E-state index in [4.69, 9.17) is 9.47 Å². The number of phenols is 4. The summed E-state index contributed by atoms with van der Waals surface area (Å²) >= 11 is 0. The van der Waals surface area contributed by atoms with E-state index in [-0.39, 0.29) is 34.6 Å². The Bertz CT molecular complexity index is 1010. The minimum absolute atomic E-state index is 0.0986. The normalized spacial score (nSPS) is 32.2. The molecule has 0 bridgehead atoms. The first kappa shape index (κ1) is 22.4. The van der Waals surface area contributed by atoms with Crippen LogP contribution in [0.3, 0.4) is 0 Å². The molecule has 0 radical (unpaired) electrons. The molecule has 11 heteroatoms. The van der Waals surface area contributed by atoms with Crippen LogP contribution < -0.4 is 4.74 Å². The van der Waals surface area contributed by atoms with Crippen LogP contribution in [0.15, 0.2) is 24.3 Å². The third-order valence-corrected chi connectivity index (χ3v) is 5.89. The summed E-state index contributed by atoms with van der Waals surface area (Å²) in [5, 5.41) is 91.0. The van der Waals surface area contributed by atoms with Gasteiger partial charge in [-0.3, -0.25) is 0 Å². The Balaban J connectivity index is 1.80. The zero-order chi connectivity index (χ0) is 23.3. The van der Waals surface area contributed by atoms with Crippen LogP contribution in [0.5, 0.6) is 28.7 Å². The van der Waals surface area contributed by atoms with Gasteiger partial charge >= 0.3 is 0 Å². The van der Waals surface area contributed by atoms with Gasteiger partial charge in [-0.25, -0.2) is 0 Å². The number of hydrogen-bond acceptors (Lipinski definition) is 11. The van der Waals surface area contributed by atoms with Crippen LogP contribution in [-0.2, 0) is 11.2 Å². The predicted octanol–water partition coefficient (Wildman–Crippen LogP) is -0.939. The molecule has 0 saturated carbocycles. The lowest BCUT2D eigenvalue weighted by atomic mass is 9.86. The van der Waals surface area contributed by atoms with E-state index in [2.05, 4.69) is 0 Å². The maximum absolute atomic E-state index is 10.6. The quantitative estimate of drug-likeness (QED) is 0.260. The molecule has 7 atom stereocenters. The molecule has 11 nitrogen and oxygen atoms in total. The maximum atomic E-state index is 10.6. The number of aromatic hydroxyl groups is 4. The highest BCUT2D eigenvalue weighted by atomic mass is 16.5. The Labute approximate surface area is 181 Å². The number of benzene rings is 2. The average Bonchev–Trinajstić information content (AvgIpc) is 2.75. The van der Waals surface area contributed by atoms with E-state index in [0.29, 0.717) is 0 Å². The topological polar surface area (TPSA) is 201 Å². The first-order chi connectivity index (χ1) is 15.1. The summed E-state index contributed by atoms with van der Waals surface area (Å²) in [4.78, 5) is 0. The molecule has 2 aliphatic rings. The Hall–Kier alpha value is -2.80. The highest BCUT2D eigenvalue weighted by molar-refractivity contribution is 5.59. The molecule has 2 aliphatic heterocycles. The number of phenolic OH excluding ortho intramolecular Hbond substituents is 4. The van der Waals surface area contributed by atoms with Crippen molar-refractivity contribution < 1.29 is 55.4 Å². The summed E-state index contributed by atoms with van der Waals surface area (Å²) in [6.07, 6.45) is -10.2. The van der Waals surface area contributed by atoms with Gasteiger partial charge in [-0.1, -0.05) is 6.07 Å². The second-order valence-electron chi connectivity index (χ2n) is 7.94. The van der Waals surface area contributed by atoms with Gasteiger partial charge in [0.05, 0.1) is 18.3 Å². The van der Waals surface area contributed by atoms with Crippen molar-refractivity contribution in [1.29, 1.82) is 0 Å². The van der Waals surface area contributed by atoms with E-state index in [0.717, 1.165) is 6.07 Å². The summed E-state index contributed by atoms with van der Waals surface area (Å²) in [6, 6.07) is 4.77. The van der Waals surface area contributed by atoms with Gasteiger partial charge < -0.3 is 55.4 Å². The van der Waals surface area contributed by atoms with Gasteiger partial charge in [0.1, 0.15) is 53.9 Å². The molecule has 9 N–H and O–H groups in total. The van der Waals surface area contributed by atoms with Gasteiger partial charge in [0.15, 0.2) is 11.5 Å².